The summed E-state index contributed by atoms with van der Waals surface area (Å²) in [7, 11) is 0. The molecule has 3 aromatic rings. The van der Waals surface area contributed by atoms with E-state index in [1.807, 2.05) is 12.1 Å². The molecule has 0 fully saturated rings. The molecule has 0 bridgehead atoms. The van der Waals surface area contributed by atoms with Gasteiger partial charge in [0.1, 0.15) is 5.01 Å². The van der Waals surface area contributed by atoms with E-state index in [1.54, 1.807) is 42.0 Å². The first-order valence-electron chi connectivity index (χ1n) is 8.89. The van der Waals surface area contributed by atoms with Crippen molar-refractivity contribution in [2.75, 3.05) is 5.32 Å². The molecule has 0 aliphatic heterocycles. The summed E-state index contributed by atoms with van der Waals surface area (Å²) in [4.78, 5) is 44.7. The highest BCUT2D eigenvalue weighted by Crippen LogP contribution is 2.23. The molecule has 0 spiro atoms. The molecule has 2 heterocycles. The number of carbonyl (C=O) groups is 3. The zero-order valence-electron chi connectivity index (χ0n) is 15.9. The van der Waals surface area contributed by atoms with Crippen molar-refractivity contribution in [2.24, 2.45) is 0 Å². The number of para-hydroxylation sites is 1. The molecule has 1 amide bonds. The monoisotopic (exact) mass is 409 g/mol. The molecule has 0 saturated heterocycles. The summed E-state index contributed by atoms with van der Waals surface area (Å²) in [5.74, 6) is -1.24. The number of nitrogens with zero attached hydrogens (tertiary/aromatic N) is 2. The van der Waals surface area contributed by atoms with Crippen molar-refractivity contribution >= 4 is 34.7 Å². The van der Waals surface area contributed by atoms with Crippen molar-refractivity contribution in [1.82, 2.24) is 9.97 Å². The van der Waals surface area contributed by atoms with Crippen LogP contribution < -0.4 is 5.32 Å². The molecule has 8 heteroatoms. The second kappa shape index (κ2) is 9.20. The molecule has 0 saturated carbocycles. The Hall–Kier alpha value is -3.39. The number of anilines is 1. The molecule has 1 N–H and O–H groups in total. The Labute approximate surface area is 171 Å². The van der Waals surface area contributed by atoms with Gasteiger partial charge in [0, 0.05) is 28.9 Å². The number of Topliss-reactive ketones (excluding diaryl/α,β-unsaturated/α-hetero) is 1. The van der Waals surface area contributed by atoms with Crippen molar-refractivity contribution in [3.8, 4) is 10.6 Å². The number of hydrogen-bond acceptors (Lipinski definition) is 7. The van der Waals surface area contributed by atoms with Crippen molar-refractivity contribution in [1.29, 1.82) is 0 Å². The lowest BCUT2D eigenvalue weighted by atomic mass is 10.1. The number of hydrogen-bond donors (Lipinski definition) is 1. The Bertz CT molecular complexity index is 1030. The van der Waals surface area contributed by atoms with Crippen LogP contribution in [0.25, 0.3) is 10.6 Å². The number of amides is 1. The van der Waals surface area contributed by atoms with Gasteiger partial charge in [0.25, 0.3) is 5.91 Å². The van der Waals surface area contributed by atoms with Gasteiger partial charge in [-0.05, 0) is 38.1 Å². The van der Waals surface area contributed by atoms with Crippen LogP contribution in [0.4, 0.5) is 5.69 Å². The van der Waals surface area contributed by atoms with Gasteiger partial charge in [0.15, 0.2) is 11.9 Å². The molecule has 7 nitrogen and oxygen atoms in total. The Morgan fingerprint density at radius 2 is 1.97 bits per heavy atom. The van der Waals surface area contributed by atoms with E-state index in [-0.39, 0.29) is 12.2 Å². The first-order chi connectivity index (χ1) is 13.9. The van der Waals surface area contributed by atoms with Crippen LogP contribution in [-0.4, -0.2) is 33.7 Å². The van der Waals surface area contributed by atoms with Crippen LogP contribution in [0.15, 0.2) is 54.2 Å². The molecule has 0 aliphatic carbocycles. The minimum Gasteiger partial charge on any atom is -0.452 e. The van der Waals surface area contributed by atoms with Gasteiger partial charge in [-0.3, -0.25) is 19.4 Å². The Kier molecular flexibility index (Phi) is 6.46. The Balaban J connectivity index is 1.57. The summed E-state index contributed by atoms with van der Waals surface area (Å²) >= 11 is 1.41. The Morgan fingerprint density at radius 1 is 1.17 bits per heavy atom. The van der Waals surface area contributed by atoms with Gasteiger partial charge in [0.2, 0.25) is 0 Å². The molecular formula is C21H19N3O4S. The van der Waals surface area contributed by atoms with E-state index < -0.39 is 18.0 Å². The van der Waals surface area contributed by atoms with Crippen LogP contribution in [0.3, 0.4) is 0 Å². The molecule has 3 rings (SSSR count). The van der Waals surface area contributed by atoms with Gasteiger partial charge < -0.3 is 10.1 Å². The summed E-state index contributed by atoms with van der Waals surface area (Å²) in [6.07, 6.45) is 2.32. The van der Waals surface area contributed by atoms with Gasteiger partial charge in [-0.2, -0.15) is 0 Å². The Morgan fingerprint density at radius 3 is 2.69 bits per heavy atom. The molecule has 1 atom stereocenters. The standard InChI is InChI=1S/C21H19N3O4S/c1-13(25)17-7-3-4-8-18(17)24-20(27)14(2)28-19(26)10-16-12-29-21(23-16)15-6-5-9-22-11-15/h3-9,11-12,14H,10H2,1-2H3,(H,24,27)/t14-/m0/s1. The highest BCUT2D eigenvalue weighted by Gasteiger charge is 2.20. The summed E-state index contributed by atoms with van der Waals surface area (Å²) in [5.41, 5.74) is 2.21. The van der Waals surface area contributed by atoms with Crippen molar-refractivity contribution < 1.29 is 19.1 Å². The SMILES string of the molecule is CC(=O)c1ccccc1NC(=O)[C@H](C)OC(=O)Cc1csc(-c2cccnc2)n1. The normalized spacial score (nSPS) is 11.5. The second-order valence-corrected chi connectivity index (χ2v) is 7.14. The third-order valence-electron chi connectivity index (χ3n) is 4.03. The van der Waals surface area contributed by atoms with Crippen LogP contribution in [0.2, 0.25) is 0 Å². The average molecular weight is 409 g/mol. The first kappa shape index (κ1) is 20.3. The molecule has 29 heavy (non-hydrogen) atoms. The highest BCUT2D eigenvalue weighted by atomic mass is 32.1. The van der Waals surface area contributed by atoms with Gasteiger partial charge in [-0.1, -0.05) is 12.1 Å². The van der Waals surface area contributed by atoms with Crippen LogP contribution in [0, 0.1) is 0 Å². The molecular weight excluding hydrogens is 390 g/mol. The zero-order chi connectivity index (χ0) is 20.8. The summed E-state index contributed by atoms with van der Waals surface area (Å²) in [6.45, 7) is 2.90. The fourth-order valence-corrected chi connectivity index (χ4v) is 3.39. The lowest BCUT2D eigenvalue weighted by Gasteiger charge is -2.14. The number of rotatable bonds is 7. The van der Waals surface area contributed by atoms with Gasteiger partial charge in [-0.15, -0.1) is 11.3 Å². The number of esters is 1. The zero-order valence-corrected chi connectivity index (χ0v) is 16.7. The minimum atomic E-state index is -1.01. The quantitative estimate of drug-likeness (QED) is 0.474. The maximum absolute atomic E-state index is 12.3. The van der Waals surface area contributed by atoms with Gasteiger partial charge in [-0.25, -0.2) is 4.98 Å². The number of ketones is 1. The van der Waals surface area contributed by atoms with Crippen LogP contribution in [0.5, 0.6) is 0 Å². The maximum atomic E-state index is 12.3. The predicted molar refractivity (Wildman–Crippen MR) is 110 cm³/mol. The highest BCUT2D eigenvalue weighted by molar-refractivity contribution is 7.13. The van der Waals surface area contributed by atoms with Crippen molar-refractivity contribution in [3.05, 3.63) is 65.4 Å². The molecule has 0 unspecified atom stereocenters. The third kappa shape index (κ3) is 5.32. The number of pyridine rings is 1. The average Bonchev–Trinajstić information content (AvgIpc) is 3.17. The van der Waals surface area contributed by atoms with E-state index in [2.05, 4.69) is 15.3 Å². The smallest absolute Gasteiger partial charge is 0.312 e. The van der Waals surface area contributed by atoms with Crippen LogP contribution in [0.1, 0.15) is 29.9 Å². The predicted octanol–water partition coefficient (Wildman–Crippen LogP) is 3.52. The largest absolute Gasteiger partial charge is 0.452 e. The van der Waals surface area contributed by atoms with Gasteiger partial charge >= 0.3 is 5.97 Å². The number of thiazole rings is 1. The van der Waals surface area contributed by atoms with E-state index in [1.165, 1.54) is 25.2 Å². The number of benzene rings is 1. The summed E-state index contributed by atoms with van der Waals surface area (Å²) < 4.78 is 5.22. The second-order valence-electron chi connectivity index (χ2n) is 6.29. The van der Waals surface area contributed by atoms with Crippen LogP contribution >= 0.6 is 11.3 Å². The molecule has 1 aromatic carbocycles. The lowest BCUT2D eigenvalue weighted by Crippen LogP contribution is -2.31. The number of aromatic nitrogens is 2. The maximum Gasteiger partial charge on any atom is 0.312 e. The lowest BCUT2D eigenvalue weighted by molar-refractivity contribution is -0.152. The first-order valence-corrected chi connectivity index (χ1v) is 9.77. The summed E-state index contributed by atoms with van der Waals surface area (Å²) in [5, 5.41) is 5.16. The fraction of sp³-hybridized carbons (Fsp3) is 0.190. The van der Waals surface area contributed by atoms with E-state index in [0.29, 0.717) is 16.9 Å². The van der Waals surface area contributed by atoms with E-state index in [9.17, 15) is 14.4 Å². The van der Waals surface area contributed by atoms with E-state index >= 15 is 0 Å². The van der Waals surface area contributed by atoms with Crippen LogP contribution in [-0.2, 0) is 20.7 Å². The number of ether oxygens (including phenoxy) is 1. The fourth-order valence-electron chi connectivity index (χ4n) is 2.58. The minimum absolute atomic E-state index is 0.0432. The topological polar surface area (TPSA) is 98.2 Å². The van der Waals surface area contributed by atoms with Gasteiger partial charge in [0.05, 0.1) is 17.8 Å². The molecule has 0 radical (unpaired) electrons. The number of nitrogens with one attached hydrogen (secondary N) is 1. The van der Waals surface area contributed by atoms with Crippen molar-refractivity contribution in [2.45, 2.75) is 26.4 Å². The summed E-state index contributed by atoms with van der Waals surface area (Å²) in [6, 6.07) is 10.4. The van der Waals surface area contributed by atoms with E-state index in [0.717, 1.165) is 10.6 Å². The molecule has 2 aromatic heterocycles. The van der Waals surface area contributed by atoms with E-state index in [4.69, 9.17) is 4.74 Å². The number of carbonyl (C=O) groups excluding carboxylic acids is 3. The molecule has 0 aliphatic rings. The third-order valence-corrected chi connectivity index (χ3v) is 4.97. The molecule has 148 valence electrons. The van der Waals surface area contributed by atoms with Crippen molar-refractivity contribution in [3.63, 3.8) is 0 Å².